The average Bonchev–Trinajstić information content (AvgIpc) is 3.13. The van der Waals surface area contributed by atoms with Crippen LogP contribution in [0.2, 0.25) is 0 Å². The van der Waals surface area contributed by atoms with Gasteiger partial charge in [0.1, 0.15) is 10.9 Å². The number of benzene rings is 1. The van der Waals surface area contributed by atoms with Crippen LogP contribution in [0.5, 0.6) is 0 Å². The number of rotatable bonds is 2. The Hall–Kier alpha value is -1.81. The summed E-state index contributed by atoms with van der Waals surface area (Å²) in [5, 5.41) is 0.899. The highest BCUT2D eigenvalue weighted by molar-refractivity contribution is 7.15. The first kappa shape index (κ1) is 14.8. The van der Waals surface area contributed by atoms with Crippen LogP contribution in [0.3, 0.4) is 0 Å². The number of ketones is 2. The fraction of sp³-hybridized carbons (Fsp3) is 0.421. The number of aromatic nitrogens is 1. The number of carbonyl (C=O) groups is 2. The third-order valence-electron chi connectivity index (χ3n) is 5.21. The molecule has 0 radical (unpaired) electrons. The maximum absolute atomic E-state index is 12.7. The van der Waals surface area contributed by atoms with Gasteiger partial charge in [0, 0.05) is 22.3 Å². The van der Waals surface area contributed by atoms with E-state index in [1.54, 1.807) is 11.3 Å². The van der Waals surface area contributed by atoms with Crippen LogP contribution < -0.4 is 0 Å². The lowest BCUT2D eigenvalue weighted by molar-refractivity contribution is -0.136. The third kappa shape index (κ3) is 2.36. The van der Waals surface area contributed by atoms with Gasteiger partial charge >= 0.3 is 0 Å². The number of nitrogens with zero attached hydrogens (tertiary/aromatic N) is 1. The Bertz CT molecular complexity index is 768. The smallest absolute Gasteiger partial charge is 0.152 e. The number of Topliss-reactive ketones (excluding diaryl/α,β-unsaturated/α-hetero) is 2. The molecule has 2 aliphatic rings. The average molecular weight is 325 g/mol. The molecular weight excluding hydrogens is 306 g/mol. The minimum atomic E-state index is -0.614. The standard InChI is InChI=1S/C19H19NO2S/c1-10-3-5-12(6-4-10)19-20-16(11(2)23-19)15-17(21)13-7-8-14(9-13)18(15)22/h3-6,13-15H,7-9H2,1-2H3/t13-,14-/m1/s1. The molecule has 0 N–H and O–H groups in total. The summed E-state index contributed by atoms with van der Waals surface area (Å²) in [7, 11) is 0. The normalized spacial score (nSPS) is 26.8. The Morgan fingerprint density at radius 3 is 2.22 bits per heavy atom. The highest BCUT2D eigenvalue weighted by Crippen LogP contribution is 2.45. The second-order valence-electron chi connectivity index (χ2n) is 6.77. The van der Waals surface area contributed by atoms with E-state index >= 15 is 0 Å². The summed E-state index contributed by atoms with van der Waals surface area (Å²) in [6.45, 7) is 4.03. The summed E-state index contributed by atoms with van der Waals surface area (Å²) in [6.07, 6.45) is 2.52. The first-order chi connectivity index (χ1) is 11.0. The molecule has 1 aromatic carbocycles. The van der Waals surface area contributed by atoms with Crippen molar-refractivity contribution in [3.63, 3.8) is 0 Å². The molecule has 2 saturated carbocycles. The molecule has 118 valence electrons. The van der Waals surface area contributed by atoms with Crippen LogP contribution in [0.1, 0.15) is 41.3 Å². The van der Waals surface area contributed by atoms with Crippen LogP contribution in [-0.4, -0.2) is 16.6 Å². The van der Waals surface area contributed by atoms with E-state index < -0.39 is 5.92 Å². The molecule has 3 nitrogen and oxygen atoms in total. The fourth-order valence-electron chi connectivity index (χ4n) is 3.88. The summed E-state index contributed by atoms with van der Waals surface area (Å²) in [5.74, 6) is -0.254. The maximum atomic E-state index is 12.7. The van der Waals surface area contributed by atoms with Crippen LogP contribution in [0.25, 0.3) is 10.6 Å². The first-order valence-electron chi connectivity index (χ1n) is 8.16. The van der Waals surface area contributed by atoms with E-state index in [-0.39, 0.29) is 23.4 Å². The topological polar surface area (TPSA) is 47.0 Å². The molecule has 2 aliphatic carbocycles. The predicted molar refractivity (Wildman–Crippen MR) is 90.6 cm³/mol. The van der Waals surface area contributed by atoms with Crippen LogP contribution in [0.4, 0.5) is 0 Å². The fourth-order valence-corrected chi connectivity index (χ4v) is 4.83. The quantitative estimate of drug-likeness (QED) is 0.782. The molecule has 0 unspecified atom stereocenters. The van der Waals surface area contributed by atoms with Gasteiger partial charge in [0.25, 0.3) is 0 Å². The highest BCUT2D eigenvalue weighted by atomic mass is 32.1. The largest absolute Gasteiger partial charge is 0.298 e. The zero-order valence-corrected chi connectivity index (χ0v) is 14.2. The summed E-state index contributed by atoms with van der Waals surface area (Å²) in [4.78, 5) is 31.1. The minimum absolute atomic E-state index is 0.0756. The zero-order chi connectivity index (χ0) is 16.1. The van der Waals surface area contributed by atoms with Crippen molar-refractivity contribution < 1.29 is 9.59 Å². The van der Waals surface area contributed by atoms with Gasteiger partial charge in [-0.15, -0.1) is 11.3 Å². The Kier molecular flexibility index (Phi) is 3.45. The Morgan fingerprint density at radius 2 is 1.61 bits per heavy atom. The SMILES string of the molecule is Cc1ccc(-c2nc(C3C(=O)[C@@H]4CC[C@H](C4)C3=O)c(C)s2)cc1. The van der Waals surface area contributed by atoms with E-state index in [1.807, 2.05) is 19.1 Å². The second kappa shape index (κ2) is 5.38. The van der Waals surface area contributed by atoms with Crippen LogP contribution in [0, 0.1) is 25.7 Å². The van der Waals surface area contributed by atoms with E-state index in [1.165, 1.54) is 5.56 Å². The molecule has 2 aromatic rings. The molecule has 0 spiro atoms. The zero-order valence-electron chi connectivity index (χ0n) is 13.3. The maximum Gasteiger partial charge on any atom is 0.152 e. The van der Waals surface area contributed by atoms with Crippen LogP contribution >= 0.6 is 11.3 Å². The predicted octanol–water partition coefficient (Wildman–Crippen LogP) is 4.08. The van der Waals surface area contributed by atoms with Crippen molar-refractivity contribution in [2.45, 2.75) is 39.0 Å². The molecule has 0 aliphatic heterocycles. The molecule has 0 amide bonds. The number of fused-ring (bicyclic) bond motifs is 2. The number of thiazole rings is 1. The lowest BCUT2D eigenvalue weighted by atomic mass is 9.77. The Morgan fingerprint density at radius 1 is 1.00 bits per heavy atom. The monoisotopic (exact) mass is 325 g/mol. The van der Waals surface area contributed by atoms with Crippen molar-refractivity contribution in [2.75, 3.05) is 0 Å². The molecule has 1 heterocycles. The molecule has 0 saturated heterocycles. The molecule has 2 bridgehead atoms. The first-order valence-corrected chi connectivity index (χ1v) is 8.98. The number of carbonyl (C=O) groups excluding carboxylic acids is 2. The third-order valence-corrected chi connectivity index (χ3v) is 6.25. The molecule has 4 heteroatoms. The van der Waals surface area contributed by atoms with Gasteiger partial charge in [0.15, 0.2) is 11.6 Å². The van der Waals surface area contributed by atoms with Crippen LogP contribution in [0.15, 0.2) is 24.3 Å². The van der Waals surface area contributed by atoms with E-state index in [0.29, 0.717) is 5.69 Å². The minimum Gasteiger partial charge on any atom is -0.298 e. The molecule has 23 heavy (non-hydrogen) atoms. The second-order valence-corrected chi connectivity index (χ2v) is 7.97. The molecule has 1 aromatic heterocycles. The summed E-state index contributed by atoms with van der Waals surface area (Å²) >= 11 is 1.58. The van der Waals surface area contributed by atoms with E-state index in [9.17, 15) is 9.59 Å². The summed E-state index contributed by atoms with van der Waals surface area (Å²) in [6, 6.07) is 8.21. The van der Waals surface area contributed by atoms with Gasteiger partial charge in [-0.2, -0.15) is 0 Å². The molecule has 2 fully saturated rings. The van der Waals surface area contributed by atoms with E-state index in [4.69, 9.17) is 4.98 Å². The van der Waals surface area contributed by atoms with Gasteiger partial charge in [0.2, 0.25) is 0 Å². The highest BCUT2D eigenvalue weighted by Gasteiger charge is 2.48. The Labute approximate surface area is 139 Å². The van der Waals surface area contributed by atoms with E-state index in [0.717, 1.165) is 34.7 Å². The molecular formula is C19H19NO2S. The van der Waals surface area contributed by atoms with Crippen LogP contribution in [-0.2, 0) is 9.59 Å². The number of hydrogen-bond donors (Lipinski definition) is 0. The Balaban J connectivity index is 1.73. The van der Waals surface area contributed by atoms with Gasteiger partial charge in [0.05, 0.1) is 5.69 Å². The molecule has 4 rings (SSSR count). The summed E-state index contributed by atoms with van der Waals surface area (Å²) < 4.78 is 0. The van der Waals surface area contributed by atoms with E-state index in [2.05, 4.69) is 19.1 Å². The number of hydrogen-bond acceptors (Lipinski definition) is 4. The lowest BCUT2D eigenvalue weighted by Gasteiger charge is -2.24. The summed E-state index contributed by atoms with van der Waals surface area (Å²) in [5.41, 5.74) is 2.96. The van der Waals surface area contributed by atoms with Crippen molar-refractivity contribution in [3.8, 4) is 10.6 Å². The van der Waals surface area contributed by atoms with Gasteiger partial charge in [-0.25, -0.2) is 4.98 Å². The van der Waals surface area contributed by atoms with Gasteiger partial charge in [-0.3, -0.25) is 9.59 Å². The van der Waals surface area contributed by atoms with Gasteiger partial charge in [-0.1, -0.05) is 29.8 Å². The van der Waals surface area contributed by atoms with Gasteiger partial charge < -0.3 is 0 Å². The van der Waals surface area contributed by atoms with Crippen molar-refractivity contribution in [1.29, 1.82) is 0 Å². The number of aryl methyl sites for hydroxylation is 2. The van der Waals surface area contributed by atoms with Crippen molar-refractivity contribution in [1.82, 2.24) is 4.98 Å². The van der Waals surface area contributed by atoms with Crippen molar-refractivity contribution in [3.05, 3.63) is 40.4 Å². The van der Waals surface area contributed by atoms with Crippen molar-refractivity contribution >= 4 is 22.9 Å². The molecule has 2 atom stereocenters. The van der Waals surface area contributed by atoms with Crippen molar-refractivity contribution in [2.24, 2.45) is 11.8 Å². The van der Waals surface area contributed by atoms with Gasteiger partial charge in [-0.05, 0) is 33.1 Å². The lowest BCUT2D eigenvalue weighted by Crippen LogP contribution is -2.35.